The second-order valence-electron chi connectivity index (χ2n) is 5.82. The van der Waals surface area contributed by atoms with Crippen molar-refractivity contribution < 1.29 is 23.8 Å². The van der Waals surface area contributed by atoms with Crippen molar-refractivity contribution in [3.63, 3.8) is 0 Å². The summed E-state index contributed by atoms with van der Waals surface area (Å²) in [6, 6.07) is -1.09. The quantitative estimate of drug-likeness (QED) is 0.690. The Morgan fingerprint density at radius 3 is 2.29 bits per heavy atom. The van der Waals surface area contributed by atoms with Crippen molar-refractivity contribution in [3.05, 3.63) is 0 Å². The molecule has 0 aromatic carbocycles. The van der Waals surface area contributed by atoms with Gasteiger partial charge in [0.05, 0.1) is 12.6 Å². The number of halogens is 2. The molecule has 0 aliphatic carbocycles. The third-order valence-electron chi connectivity index (χ3n) is 3.20. The number of hydrogen-bond donors (Lipinski definition) is 2. The average Bonchev–Trinajstić information content (AvgIpc) is 2.10. The van der Waals surface area contributed by atoms with Gasteiger partial charge in [-0.05, 0) is 12.3 Å². The largest absolute Gasteiger partial charge is 0.465 e. The summed E-state index contributed by atoms with van der Waals surface area (Å²) in [5.74, 6) is 0. The molecule has 0 saturated carbocycles. The number of rotatable bonds is 0. The number of amides is 1. The average molecular weight is 251 g/mol. The van der Waals surface area contributed by atoms with Gasteiger partial charge in [-0.25, -0.2) is 13.6 Å². The van der Waals surface area contributed by atoms with Crippen LogP contribution in [-0.2, 0) is 0 Å². The van der Waals surface area contributed by atoms with Crippen LogP contribution in [0.15, 0.2) is 0 Å². The molecule has 100 valence electrons. The highest BCUT2D eigenvalue weighted by Gasteiger charge is 2.57. The second kappa shape index (κ2) is 4.08. The minimum atomic E-state index is -2.31. The highest BCUT2D eigenvalue weighted by molar-refractivity contribution is 5.66. The standard InChI is InChI=1S/C11H19F2NO3/c1-10(2,3)8-11(4,13)7(15)6(12)5-14(8)9(16)17/h6-8,15H,5H2,1-4H3,(H,16,17). The third-order valence-corrected chi connectivity index (χ3v) is 3.20. The van der Waals surface area contributed by atoms with Crippen molar-refractivity contribution in [2.75, 3.05) is 6.54 Å². The first-order valence-corrected chi connectivity index (χ1v) is 5.50. The van der Waals surface area contributed by atoms with E-state index in [0.29, 0.717) is 0 Å². The Morgan fingerprint density at radius 2 is 1.94 bits per heavy atom. The molecule has 0 bridgehead atoms. The molecule has 1 rings (SSSR count). The Balaban J connectivity index is 3.20. The fourth-order valence-electron chi connectivity index (χ4n) is 2.72. The monoisotopic (exact) mass is 251 g/mol. The van der Waals surface area contributed by atoms with Crippen molar-refractivity contribution in [2.24, 2.45) is 5.41 Å². The fourth-order valence-corrected chi connectivity index (χ4v) is 2.72. The number of hydrogen-bond acceptors (Lipinski definition) is 2. The van der Waals surface area contributed by atoms with Gasteiger partial charge in [0.25, 0.3) is 0 Å². The van der Waals surface area contributed by atoms with Crippen molar-refractivity contribution in [1.29, 1.82) is 0 Å². The lowest BCUT2D eigenvalue weighted by Crippen LogP contribution is -2.69. The van der Waals surface area contributed by atoms with Crippen LogP contribution in [-0.4, -0.2) is 51.7 Å². The Morgan fingerprint density at radius 1 is 1.47 bits per heavy atom. The van der Waals surface area contributed by atoms with Gasteiger partial charge in [-0.1, -0.05) is 20.8 Å². The summed E-state index contributed by atoms with van der Waals surface area (Å²) in [4.78, 5) is 11.8. The Kier molecular flexibility index (Phi) is 3.40. The number of aliphatic hydroxyl groups is 1. The molecule has 1 amide bonds. The maximum atomic E-state index is 14.5. The van der Waals surface area contributed by atoms with Crippen LogP contribution in [0.2, 0.25) is 0 Å². The van der Waals surface area contributed by atoms with Crippen molar-refractivity contribution in [2.45, 2.75) is 51.7 Å². The number of aliphatic hydroxyl groups excluding tert-OH is 1. The number of carbonyl (C=O) groups is 1. The van der Waals surface area contributed by atoms with Crippen LogP contribution < -0.4 is 0 Å². The maximum absolute atomic E-state index is 14.5. The van der Waals surface area contributed by atoms with Crippen LogP contribution in [0.3, 0.4) is 0 Å². The zero-order chi connectivity index (χ0) is 13.6. The van der Waals surface area contributed by atoms with E-state index in [4.69, 9.17) is 5.11 Å². The van der Waals surface area contributed by atoms with Gasteiger partial charge in [0, 0.05) is 0 Å². The lowest BCUT2D eigenvalue weighted by molar-refractivity contribution is -0.150. The van der Waals surface area contributed by atoms with Gasteiger partial charge < -0.3 is 10.2 Å². The van der Waals surface area contributed by atoms with E-state index in [-0.39, 0.29) is 0 Å². The van der Waals surface area contributed by atoms with Crippen LogP contribution in [0.5, 0.6) is 0 Å². The molecule has 1 aliphatic rings. The summed E-state index contributed by atoms with van der Waals surface area (Å²) >= 11 is 0. The van der Waals surface area contributed by atoms with E-state index in [1.54, 1.807) is 20.8 Å². The molecule has 0 aromatic heterocycles. The lowest BCUT2D eigenvalue weighted by Gasteiger charge is -2.51. The summed E-state index contributed by atoms with van der Waals surface area (Å²) < 4.78 is 27.9. The molecule has 0 radical (unpaired) electrons. The Hall–Kier alpha value is -0.910. The Bertz CT molecular complexity index is 314. The van der Waals surface area contributed by atoms with E-state index in [2.05, 4.69) is 0 Å². The summed E-state index contributed by atoms with van der Waals surface area (Å²) in [6.45, 7) is 5.54. The van der Waals surface area contributed by atoms with Gasteiger partial charge in [0.15, 0.2) is 5.67 Å². The van der Waals surface area contributed by atoms with Crippen molar-refractivity contribution in [3.8, 4) is 0 Å². The predicted octanol–water partition coefficient (Wildman–Crippen LogP) is 1.82. The molecule has 6 heteroatoms. The van der Waals surface area contributed by atoms with E-state index in [1.807, 2.05) is 0 Å². The summed E-state index contributed by atoms with van der Waals surface area (Å²) in [6.07, 6.45) is -5.08. The molecule has 0 spiro atoms. The predicted molar refractivity (Wildman–Crippen MR) is 58.4 cm³/mol. The van der Waals surface area contributed by atoms with Crippen LogP contribution in [0, 0.1) is 5.41 Å². The fraction of sp³-hybridized carbons (Fsp3) is 0.909. The lowest BCUT2D eigenvalue weighted by atomic mass is 9.71. The van der Waals surface area contributed by atoms with E-state index >= 15 is 0 Å². The zero-order valence-corrected chi connectivity index (χ0v) is 10.4. The molecule has 4 nitrogen and oxygen atoms in total. The smallest absolute Gasteiger partial charge is 0.407 e. The Labute approximate surface area is 99.2 Å². The molecule has 4 atom stereocenters. The number of carboxylic acid groups (broad SMARTS) is 1. The van der Waals surface area contributed by atoms with Gasteiger partial charge in [-0.15, -0.1) is 0 Å². The molecule has 1 saturated heterocycles. The number of nitrogens with zero attached hydrogens (tertiary/aromatic N) is 1. The van der Waals surface area contributed by atoms with Crippen molar-refractivity contribution in [1.82, 2.24) is 4.90 Å². The van der Waals surface area contributed by atoms with E-state index < -0.39 is 42.0 Å². The number of likely N-dealkylation sites (tertiary alicyclic amines) is 1. The molecule has 4 unspecified atom stereocenters. The molecule has 0 aromatic rings. The number of piperidine rings is 1. The molecular formula is C11H19F2NO3. The van der Waals surface area contributed by atoms with E-state index in [9.17, 15) is 18.7 Å². The zero-order valence-electron chi connectivity index (χ0n) is 10.4. The summed E-state index contributed by atoms with van der Waals surface area (Å²) in [7, 11) is 0. The van der Waals surface area contributed by atoms with Crippen molar-refractivity contribution >= 4 is 6.09 Å². The first-order chi connectivity index (χ1) is 7.49. The SMILES string of the molecule is CC(C)(C)C1N(C(=O)O)CC(F)C(O)C1(C)F. The van der Waals surface area contributed by atoms with Gasteiger partial charge in [0.2, 0.25) is 0 Å². The first kappa shape index (κ1) is 14.2. The normalized spacial score (nSPS) is 39.2. The van der Waals surface area contributed by atoms with Crippen LogP contribution in [0.1, 0.15) is 27.7 Å². The third kappa shape index (κ3) is 2.36. The highest BCUT2D eigenvalue weighted by atomic mass is 19.2. The van der Waals surface area contributed by atoms with Crippen LogP contribution in [0.25, 0.3) is 0 Å². The minimum Gasteiger partial charge on any atom is -0.465 e. The van der Waals surface area contributed by atoms with E-state index in [0.717, 1.165) is 11.8 Å². The first-order valence-electron chi connectivity index (χ1n) is 5.50. The van der Waals surface area contributed by atoms with Gasteiger partial charge in [0.1, 0.15) is 12.3 Å². The molecule has 1 fully saturated rings. The molecule has 17 heavy (non-hydrogen) atoms. The van der Waals surface area contributed by atoms with Gasteiger partial charge in [-0.3, -0.25) is 4.90 Å². The summed E-state index contributed by atoms with van der Waals surface area (Å²) in [5, 5.41) is 18.6. The topological polar surface area (TPSA) is 60.8 Å². The molecule has 2 N–H and O–H groups in total. The van der Waals surface area contributed by atoms with Gasteiger partial charge in [-0.2, -0.15) is 0 Å². The second-order valence-corrected chi connectivity index (χ2v) is 5.82. The summed E-state index contributed by atoms with van der Waals surface area (Å²) in [5.41, 5.74) is -3.04. The van der Waals surface area contributed by atoms with Crippen LogP contribution in [0.4, 0.5) is 13.6 Å². The van der Waals surface area contributed by atoms with Crippen LogP contribution >= 0.6 is 0 Å². The highest BCUT2D eigenvalue weighted by Crippen LogP contribution is 2.41. The molecular weight excluding hydrogens is 232 g/mol. The number of alkyl halides is 2. The van der Waals surface area contributed by atoms with Gasteiger partial charge >= 0.3 is 6.09 Å². The maximum Gasteiger partial charge on any atom is 0.407 e. The molecule has 1 aliphatic heterocycles. The molecule has 1 heterocycles. The van der Waals surface area contributed by atoms with E-state index in [1.165, 1.54) is 0 Å². The minimum absolute atomic E-state index is 0.502.